The van der Waals surface area contributed by atoms with E-state index in [0.29, 0.717) is 6.61 Å². The molecule has 1 aromatic carbocycles. The molecule has 0 heterocycles. The molecule has 0 saturated heterocycles. The first-order valence-corrected chi connectivity index (χ1v) is 6.99. The Labute approximate surface area is 117 Å². The van der Waals surface area contributed by atoms with Gasteiger partial charge in [0.25, 0.3) is 0 Å². The van der Waals surface area contributed by atoms with E-state index >= 15 is 0 Å². The minimum absolute atomic E-state index is 0.145. The third-order valence-electron chi connectivity index (χ3n) is 2.79. The molecule has 0 bridgehead atoms. The van der Waals surface area contributed by atoms with Gasteiger partial charge in [0.2, 0.25) is 0 Å². The van der Waals surface area contributed by atoms with Crippen LogP contribution in [0.4, 0.5) is 0 Å². The van der Waals surface area contributed by atoms with Crippen molar-refractivity contribution in [2.24, 2.45) is 0 Å². The molecule has 0 fully saturated rings. The van der Waals surface area contributed by atoms with Crippen molar-refractivity contribution in [3.8, 4) is 0 Å². The fourth-order valence-corrected chi connectivity index (χ4v) is 2.03. The van der Waals surface area contributed by atoms with Gasteiger partial charge in [-0.2, -0.15) is 0 Å². The molecular formula is C14H19IO2. The molecule has 0 spiro atoms. The first-order valence-electron chi connectivity index (χ1n) is 5.91. The third-order valence-corrected chi connectivity index (χ3v) is 3.46. The van der Waals surface area contributed by atoms with Crippen molar-refractivity contribution in [1.29, 1.82) is 0 Å². The second-order valence-corrected chi connectivity index (χ2v) is 5.87. The normalized spacial score (nSPS) is 11.3. The Hall–Kier alpha value is -0.580. The zero-order valence-electron chi connectivity index (χ0n) is 10.6. The number of carbonyl (C=O) groups excluding carboxylic acids is 1. The number of rotatable bonds is 5. The quantitative estimate of drug-likeness (QED) is 0.459. The maximum Gasteiger partial charge on any atom is 0.315 e. The SMILES string of the molecule is CCCCOC(=O)C(C)(C)c1cccc(I)c1. The predicted molar refractivity (Wildman–Crippen MR) is 78.1 cm³/mol. The average molecular weight is 346 g/mol. The van der Waals surface area contributed by atoms with Crippen LogP contribution in [0.15, 0.2) is 24.3 Å². The molecule has 1 rings (SSSR count). The summed E-state index contributed by atoms with van der Waals surface area (Å²) in [7, 11) is 0. The summed E-state index contributed by atoms with van der Waals surface area (Å²) in [6, 6.07) is 7.99. The predicted octanol–water partition coefficient (Wildman–Crippen LogP) is 3.91. The summed E-state index contributed by atoms with van der Waals surface area (Å²) in [4.78, 5) is 12.0. The van der Waals surface area contributed by atoms with Crippen LogP contribution in [-0.4, -0.2) is 12.6 Å². The standard InChI is InChI=1S/C14H19IO2/c1-4-5-9-17-13(16)14(2,3)11-7-6-8-12(15)10-11/h6-8,10H,4-5,9H2,1-3H3. The van der Waals surface area contributed by atoms with Crippen LogP contribution >= 0.6 is 22.6 Å². The van der Waals surface area contributed by atoms with Gasteiger partial charge in [-0.15, -0.1) is 0 Å². The Bertz CT molecular complexity index is 386. The molecule has 0 aromatic heterocycles. The monoisotopic (exact) mass is 346 g/mol. The minimum Gasteiger partial charge on any atom is -0.465 e. The Balaban J connectivity index is 2.76. The lowest BCUT2D eigenvalue weighted by Gasteiger charge is -2.23. The molecule has 0 amide bonds. The van der Waals surface area contributed by atoms with Gasteiger partial charge in [-0.25, -0.2) is 0 Å². The maximum atomic E-state index is 12.0. The van der Waals surface area contributed by atoms with Crippen LogP contribution < -0.4 is 0 Å². The van der Waals surface area contributed by atoms with E-state index < -0.39 is 5.41 Å². The van der Waals surface area contributed by atoms with Crippen LogP contribution in [0.1, 0.15) is 39.2 Å². The van der Waals surface area contributed by atoms with Gasteiger partial charge in [0.1, 0.15) is 0 Å². The maximum absolute atomic E-state index is 12.0. The Kier molecular flexibility index (Phi) is 5.43. The molecule has 1 aromatic rings. The number of esters is 1. The molecule has 3 heteroatoms. The van der Waals surface area contributed by atoms with Gasteiger partial charge in [-0.3, -0.25) is 4.79 Å². The molecule has 0 N–H and O–H groups in total. The van der Waals surface area contributed by atoms with E-state index in [1.165, 1.54) is 0 Å². The molecule has 0 unspecified atom stereocenters. The summed E-state index contributed by atoms with van der Waals surface area (Å²) < 4.78 is 6.43. The molecule has 0 aliphatic rings. The van der Waals surface area contributed by atoms with Gasteiger partial charge in [-0.1, -0.05) is 25.5 Å². The second kappa shape index (κ2) is 6.38. The van der Waals surface area contributed by atoms with Crippen LogP contribution in [0.2, 0.25) is 0 Å². The van der Waals surface area contributed by atoms with Crippen molar-refractivity contribution in [3.63, 3.8) is 0 Å². The van der Waals surface area contributed by atoms with Crippen LogP contribution in [0.3, 0.4) is 0 Å². The number of halogens is 1. The lowest BCUT2D eigenvalue weighted by molar-refractivity contribution is -0.149. The van der Waals surface area contributed by atoms with E-state index in [1.54, 1.807) is 0 Å². The molecule has 0 aliphatic heterocycles. The summed E-state index contributed by atoms with van der Waals surface area (Å²) in [5, 5.41) is 0. The largest absolute Gasteiger partial charge is 0.465 e. The zero-order valence-corrected chi connectivity index (χ0v) is 12.8. The lowest BCUT2D eigenvalue weighted by atomic mass is 9.85. The molecule has 94 valence electrons. The van der Waals surface area contributed by atoms with Gasteiger partial charge in [-0.05, 0) is 60.6 Å². The smallest absolute Gasteiger partial charge is 0.315 e. The Morgan fingerprint density at radius 3 is 2.71 bits per heavy atom. The summed E-state index contributed by atoms with van der Waals surface area (Å²) in [5.41, 5.74) is 0.431. The van der Waals surface area contributed by atoms with Crippen LogP contribution in [0, 0.1) is 3.57 Å². The summed E-state index contributed by atoms with van der Waals surface area (Å²) in [6.45, 7) is 6.42. The van der Waals surface area contributed by atoms with Gasteiger partial charge in [0, 0.05) is 3.57 Å². The molecule has 0 atom stereocenters. The first-order chi connectivity index (χ1) is 7.98. The molecule has 0 aliphatic carbocycles. The van der Waals surface area contributed by atoms with E-state index in [-0.39, 0.29) is 5.97 Å². The van der Waals surface area contributed by atoms with Crippen LogP contribution in [0.5, 0.6) is 0 Å². The molecular weight excluding hydrogens is 327 g/mol. The fraction of sp³-hybridized carbons (Fsp3) is 0.500. The van der Waals surface area contributed by atoms with Crippen molar-refractivity contribution in [2.45, 2.75) is 39.0 Å². The number of unbranched alkanes of at least 4 members (excludes halogenated alkanes) is 1. The van der Waals surface area contributed by atoms with Crippen molar-refractivity contribution in [1.82, 2.24) is 0 Å². The topological polar surface area (TPSA) is 26.3 Å². The van der Waals surface area contributed by atoms with Crippen molar-refractivity contribution < 1.29 is 9.53 Å². The van der Waals surface area contributed by atoms with E-state index in [4.69, 9.17) is 4.74 Å². The summed E-state index contributed by atoms with van der Waals surface area (Å²) in [5.74, 6) is -0.145. The number of ether oxygens (including phenoxy) is 1. The van der Waals surface area contributed by atoms with E-state index in [2.05, 4.69) is 29.5 Å². The highest BCUT2D eigenvalue weighted by molar-refractivity contribution is 14.1. The zero-order chi connectivity index (χ0) is 12.9. The summed E-state index contributed by atoms with van der Waals surface area (Å²) >= 11 is 2.25. The Morgan fingerprint density at radius 2 is 2.12 bits per heavy atom. The molecule has 17 heavy (non-hydrogen) atoms. The minimum atomic E-state index is -0.574. The second-order valence-electron chi connectivity index (χ2n) is 4.62. The van der Waals surface area contributed by atoms with Gasteiger partial charge in [0.05, 0.1) is 12.0 Å². The van der Waals surface area contributed by atoms with Crippen LogP contribution in [-0.2, 0) is 14.9 Å². The van der Waals surface area contributed by atoms with Gasteiger partial charge in [0.15, 0.2) is 0 Å². The van der Waals surface area contributed by atoms with Crippen molar-refractivity contribution in [3.05, 3.63) is 33.4 Å². The first kappa shape index (κ1) is 14.5. The Morgan fingerprint density at radius 1 is 1.41 bits per heavy atom. The van der Waals surface area contributed by atoms with E-state index in [0.717, 1.165) is 22.0 Å². The van der Waals surface area contributed by atoms with Gasteiger partial charge < -0.3 is 4.74 Å². The highest BCUT2D eigenvalue weighted by Crippen LogP contribution is 2.26. The van der Waals surface area contributed by atoms with Crippen molar-refractivity contribution in [2.75, 3.05) is 6.61 Å². The van der Waals surface area contributed by atoms with E-state index in [1.807, 2.05) is 38.1 Å². The van der Waals surface area contributed by atoms with Crippen LogP contribution in [0.25, 0.3) is 0 Å². The average Bonchev–Trinajstić information content (AvgIpc) is 2.29. The fourth-order valence-electron chi connectivity index (χ4n) is 1.48. The summed E-state index contributed by atoms with van der Waals surface area (Å²) in [6.07, 6.45) is 1.96. The van der Waals surface area contributed by atoms with Gasteiger partial charge >= 0.3 is 5.97 Å². The van der Waals surface area contributed by atoms with E-state index in [9.17, 15) is 4.79 Å². The third kappa shape index (κ3) is 3.98. The molecule has 2 nitrogen and oxygen atoms in total. The molecule has 0 radical (unpaired) electrons. The molecule has 0 saturated carbocycles. The number of carbonyl (C=O) groups is 1. The highest BCUT2D eigenvalue weighted by atomic mass is 127. The number of benzene rings is 1. The van der Waals surface area contributed by atoms with Crippen molar-refractivity contribution >= 4 is 28.6 Å². The number of hydrogen-bond donors (Lipinski definition) is 0. The highest BCUT2D eigenvalue weighted by Gasteiger charge is 2.31. The lowest BCUT2D eigenvalue weighted by Crippen LogP contribution is -2.31. The number of hydrogen-bond acceptors (Lipinski definition) is 2.